The average Bonchev–Trinajstić information content (AvgIpc) is 2.47. The van der Waals surface area contributed by atoms with Crippen LogP contribution in [0.4, 0.5) is 0 Å². The first-order valence-corrected chi connectivity index (χ1v) is 7.23. The molecule has 0 spiro atoms. The normalized spacial score (nSPS) is 11.7. The van der Waals surface area contributed by atoms with E-state index in [9.17, 15) is 14.7 Å². The van der Waals surface area contributed by atoms with Gasteiger partial charge in [0.2, 0.25) is 5.91 Å². The molecule has 0 aliphatic rings. The largest absolute Gasteiger partial charge is 0.480 e. The van der Waals surface area contributed by atoms with E-state index in [2.05, 4.69) is 5.32 Å². The highest BCUT2D eigenvalue weighted by molar-refractivity contribution is 6.30. The van der Waals surface area contributed by atoms with Gasteiger partial charge >= 0.3 is 5.97 Å². The molecule has 114 valence electrons. The third-order valence-electron chi connectivity index (χ3n) is 3.17. The number of hydrogen-bond donors (Lipinski definition) is 2. The van der Waals surface area contributed by atoms with Crippen molar-refractivity contribution in [3.8, 4) is 0 Å². The fraction of sp³-hybridized carbons (Fsp3) is 0.176. The van der Waals surface area contributed by atoms with Crippen molar-refractivity contribution < 1.29 is 14.7 Å². The summed E-state index contributed by atoms with van der Waals surface area (Å²) in [5.74, 6) is -1.39. The number of aliphatic carboxylic acids is 1. The van der Waals surface area contributed by atoms with Crippen molar-refractivity contribution in [2.24, 2.45) is 0 Å². The summed E-state index contributed by atoms with van der Waals surface area (Å²) >= 11 is 5.89. The Kier molecular flexibility index (Phi) is 5.55. The molecule has 0 aliphatic carbocycles. The Balaban J connectivity index is 1.99. The predicted octanol–water partition coefficient (Wildman–Crippen LogP) is 2.69. The maximum atomic E-state index is 12.0. The zero-order chi connectivity index (χ0) is 15.9. The average molecular weight is 318 g/mol. The highest BCUT2D eigenvalue weighted by atomic mass is 35.5. The minimum Gasteiger partial charge on any atom is -0.480 e. The maximum absolute atomic E-state index is 12.0. The Morgan fingerprint density at radius 2 is 1.73 bits per heavy atom. The van der Waals surface area contributed by atoms with Crippen molar-refractivity contribution >= 4 is 23.5 Å². The molecule has 0 saturated carbocycles. The minimum absolute atomic E-state index is 0.153. The Morgan fingerprint density at radius 1 is 1.05 bits per heavy atom. The third kappa shape index (κ3) is 4.90. The van der Waals surface area contributed by atoms with Crippen LogP contribution in [-0.2, 0) is 22.4 Å². The highest BCUT2D eigenvalue weighted by Crippen LogP contribution is 2.12. The van der Waals surface area contributed by atoms with Crippen molar-refractivity contribution in [3.05, 3.63) is 70.7 Å². The quantitative estimate of drug-likeness (QED) is 0.861. The van der Waals surface area contributed by atoms with Crippen molar-refractivity contribution in [2.45, 2.75) is 18.9 Å². The number of amides is 1. The zero-order valence-corrected chi connectivity index (χ0v) is 12.6. The molecule has 2 N–H and O–H groups in total. The third-order valence-corrected chi connectivity index (χ3v) is 3.40. The van der Waals surface area contributed by atoms with Crippen molar-refractivity contribution in [1.29, 1.82) is 0 Å². The molecule has 1 amide bonds. The molecule has 0 aliphatic heterocycles. The van der Waals surface area contributed by atoms with Gasteiger partial charge in [-0.25, -0.2) is 4.79 Å². The van der Waals surface area contributed by atoms with Gasteiger partial charge in [0, 0.05) is 11.4 Å². The maximum Gasteiger partial charge on any atom is 0.326 e. The van der Waals surface area contributed by atoms with Crippen LogP contribution >= 0.6 is 11.6 Å². The van der Waals surface area contributed by atoms with Crippen molar-refractivity contribution in [3.63, 3.8) is 0 Å². The summed E-state index contributed by atoms with van der Waals surface area (Å²) in [5, 5.41) is 12.4. The number of halogens is 1. The van der Waals surface area contributed by atoms with Gasteiger partial charge < -0.3 is 10.4 Å². The van der Waals surface area contributed by atoms with Crippen LogP contribution in [-0.4, -0.2) is 23.0 Å². The summed E-state index contributed by atoms with van der Waals surface area (Å²) < 4.78 is 0. The smallest absolute Gasteiger partial charge is 0.326 e. The molecule has 22 heavy (non-hydrogen) atoms. The molecule has 0 heterocycles. The van der Waals surface area contributed by atoms with E-state index in [1.807, 2.05) is 30.3 Å². The lowest BCUT2D eigenvalue weighted by atomic mass is 10.1. The molecule has 2 aromatic carbocycles. The SMILES string of the molecule is O=C(Cc1ccccc1)N[C@H](Cc1cccc(Cl)c1)C(=O)O. The molecule has 2 rings (SSSR count). The molecule has 0 aromatic heterocycles. The number of carboxylic acids is 1. The predicted molar refractivity (Wildman–Crippen MR) is 84.9 cm³/mol. The van der Waals surface area contributed by atoms with Crippen LogP contribution in [0.1, 0.15) is 11.1 Å². The van der Waals surface area contributed by atoms with Crippen molar-refractivity contribution in [1.82, 2.24) is 5.32 Å². The summed E-state index contributed by atoms with van der Waals surface area (Å²) in [5.41, 5.74) is 1.60. The monoisotopic (exact) mass is 317 g/mol. The molecule has 0 fully saturated rings. The second-order valence-electron chi connectivity index (χ2n) is 4.95. The van der Waals surface area contributed by atoms with Crippen molar-refractivity contribution in [2.75, 3.05) is 0 Å². The number of carboxylic acid groups (broad SMARTS) is 1. The first kappa shape index (κ1) is 16.0. The summed E-state index contributed by atoms with van der Waals surface area (Å²) in [6.07, 6.45) is 0.344. The lowest BCUT2D eigenvalue weighted by Crippen LogP contribution is -2.43. The van der Waals surface area contributed by atoms with E-state index >= 15 is 0 Å². The van der Waals surface area contributed by atoms with Gasteiger partial charge in [-0.1, -0.05) is 54.1 Å². The minimum atomic E-state index is -1.07. The van der Waals surface area contributed by atoms with E-state index in [0.29, 0.717) is 5.02 Å². The van der Waals surface area contributed by atoms with Crippen LogP contribution in [0, 0.1) is 0 Å². The number of hydrogen-bond acceptors (Lipinski definition) is 2. The Hall–Kier alpha value is -2.33. The van der Waals surface area contributed by atoms with E-state index in [1.165, 1.54) is 0 Å². The van der Waals surface area contributed by atoms with Crippen LogP contribution in [0.2, 0.25) is 5.02 Å². The summed E-state index contributed by atoms with van der Waals surface area (Å²) in [6, 6.07) is 15.2. The lowest BCUT2D eigenvalue weighted by molar-refractivity contribution is -0.141. The van der Waals surface area contributed by atoms with Gasteiger partial charge in [0.05, 0.1) is 6.42 Å². The second kappa shape index (κ2) is 7.61. The highest BCUT2D eigenvalue weighted by Gasteiger charge is 2.20. The van der Waals surface area contributed by atoms with E-state index in [4.69, 9.17) is 11.6 Å². The zero-order valence-electron chi connectivity index (χ0n) is 11.8. The Bertz CT molecular complexity index is 658. The molecule has 0 radical (unpaired) electrons. The molecule has 1 atom stereocenters. The van der Waals surface area contributed by atoms with E-state index in [-0.39, 0.29) is 18.7 Å². The first-order valence-electron chi connectivity index (χ1n) is 6.85. The summed E-state index contributed by atoms with van der Waals surface area (Å²) in [4.78, 5) is 23.3. The van der Waals surface area contributed by atoms with Crippen LogP contribution in [0.15, 0.2) is 54.6 Å². The number of benzene rings is 2. The topological polar surface area (TPSA) is 66.4 Å². The summed E-state index contributed by atoms with van der Waals surface area (Å²) in [7, 11) is 0. The fourth-order valence-corrected chi connectivity index (χ4v) is 2.34. The Labute approximate surface area is 133 Å². The van der Waals surface area contributed by atoms with Crippen LogP contribution < -0.4 is 5.32 Å². The number of rotatable bonds is 6. The lowest BCUT2D eigenvalue weighted by Gasteiger charge is -2.15. The van der Waals surface area contributed by atoms with E-state index in [1.54, 1.807) is 24.3 Å². The van der Waals surface area contributed by atoms with Gasteiger partial charge in [-0.15, -0.1) is 0 Å². The van der Waals surface area contributed by atoms with Crippen LogP contribution in [0.3, 0.4) is 0 Å². The molecular weight excluding hydrogens is 302 g/mol. The van der Waals surface area contributed by atoms with Gasteiger partial charge in [-0.3, -0.25) is 4.79 Å². The number of nitrogens with one attached hydrogen (secondary N) is 1. The van der Waals surface area contributed by atoms with Crippen LogP contribution in [0.25, 0.3) is 0 Å². The molecule has 4 nitrogen and oxygen atoms in total. The van der Waals surface area contributed by atoms with Gasteiger partial charge in [-0.2, -0.15) is 0 Å². The molecule has 0 saturated heterocycles. The second-order valence-corrected chi connectivity index (χ2v) is 5.39. The molecular formula is C17H16ClNO3. The molecule has 0 unspecified atom stereocenters. The van der Waals surface area contributed by atoms with E-state index in [0.717, 1.165) is 11.1 Å². The Morgan fingerprint density at radius 3 is 2.36 bits per heavy atom. The molecule has 2 aromatic rings. The standard InChI is InChI=1S/C17H16ClNO3/c18-14-8-4-7-13(9-14)10-15(17(21)22)19-16(20)11-12-5-2-1-3-6-12/h1-9,15H,10-11H2,(H,19,20)(H,21,22)/t15-/m1/s1. The van der Waals surface area contributed by atoms with Gasteiger partial charge in [0.1, 0.15) is 6.04 Å². The molecule has 0 bridgehead atoms. The first-order chi connectivity index (χ1) is 10.5. The van der Waals surface area contributed by atoms with E-state index < -0.39 is 12.0 Å². The van der Waals surface area contributed by atoms with Gasteiger partial charge in [0.25, 0.3) is 0 Å². The van der Waals surface area contributed by atoms with Gasteiger partial charge in [-0.05, 0) is 23.3 Å². The summed E-state index contributed by atoms with van der Waals surface area (Å²) in [6.45, 7) is 0. The number of carbonyl (C=O) groups is 2. The number of carbonyl (C=O) groups excluding carboxylic acids is 1. The van der Waals surface area contributed by atoms with Gasteiger partial charge in [0.15, 0.2) is 0 Å². The molecule has 5 heteroatoms. The fourth-order valence-electron chi connectivity index (χ4n) is 2.13. The van der Waals surface area contributed by atoms with Crippen LogP contribution in [0.5, 0.6) is 0 Å².